The first-order valence-electron chi connectivity index (χ1n) is 4.56. The van der Waals surface area contributed by atoms with Crippen molar-refractivity contribution in [1.82, 2.24) is 14.8 Å². The third-order valence-corrected chi connectivity index (χ3v) is 4.47. The molecule has 0 unspecified atom stereocenters. The first-order valence-corrected chi connectivity index (χ1v) is 6.18. The molecule has 0 N–H and O–H groups in total. The van der Waals surface area contributed by atoms with Gasteiger partial charge in [-0.25, -0.2) is 0 Å². The average Bonchev–Trinajstić information content (AvgIpc) is 2.45. The van der Waals surface area contributed by atoms with Gasteiger partial charge in [-0.05, 0) is 18.1 Å². The molecule has 0 bridgehead atoms. The van der Waals surface area contributed by atoms with E-state index in [1.165, 1.54) is 0 Å². The molecule has 14 heavy (non-hydrogen) atoms. The van der Waals surface area contributed by atoms with Crippen LogP contribution in [-0.4, -0.2) is 26.3 Å². The molecule has 0 aliphatic rings. The molecule has 0 aromatic carbocycles. The Kier molecular flexibility index (Phi) is 3.89. The predicted molar refractivity (Wildman–Crippen MR) is 64.1 cm³/mol. The van der Waals surface area contributed by atoms with E-state index in [4.69, 9.17) is 0 Å². The summed E-state index contributed by atoms with van der Waals surface area (Å²) in [5.74, 6) is 2.86. The summed E-state index contributed by atoms with van der Waals surface area (Å²) >= 11 is 6.06. The fourth-order valence-corrected chi connectivity index (χ4v) is 2.13. The zero-order valence-electron chi connectivity index (χ0n) is 9.11. The molecule has 0 saturated carbocycles. The first kappa shape index (κ1) is 11.9. The molecule has 0 radical (unpaired) electrons. The van der Waals surface area contributed by atoms with Crippen molar-refractivity contribution in [2.45, 2.75) is 25.9 Å². The summed E-state index contributed by atoms with van der Waals surface area (Å²) in [4.78, 5) is 0. The van der Waals surface area contributed by atoms with Crippen molar-refractivity contribution >= 4 is 24.4 Å². The van der Waals surface area contributed by atoms with Crippen molar-refractivity contribution in [3.8, 4) is 0 Å². The summed E-state index contributed by atoms with van der Waals surface area (Å²) in [5, 5.41) is 9.10. The highest BCUT2D eigenvalue weighted by atomic mass is 32.2. The van der Waals surface area contributed by atoms with Crippen LogP contribution in [0.3, 0.4) is 0 Å². The van der Waals surface area contributed by atoms with Gasteiger partial charge in [-0.1, -0.05) is 25.6 Å². The first-order chi connectivity index (χ1) is 6.46. The van der Waals surface area contributed by atoms with Crippen LogP contribution in [0.2, 0.25) is 0 Å². The van der Waals surface area contributed by atoms with Crippen molar-refractivity contribution in [2.75, 3.05) is 11.5 Å². The van der Waals surface area contributed by atoms with Gasteiger partial charge in [0.15, 0.2) is 5.16 Å². The minimum atomic E-state index is 0.244. The third kappa shape index (κ3) is 2.92. The van der Waals surface area contributed by atoms with Crippen LogP contribution in [0, 0.1) is 12.3 Å². The van der Waals surface area contributed by atoms with E-state index < -0.39 is 0 Å². The van der Waals surface area contributed by atoms with Crippen LogP contribution in [-0.2, 0) is 7.05 Å². The summed E-state index contributed by atoms with van der Waals surface area (Å²) in [6.07, 6.45) is 0. The van der Waals surface area contributed by atoms with E-state index in [1.54, 1.807) is 11.8 Å². The smallest absolute Gasteiger partial charge is 0.190 e. The number of aromatic nitrogens is 3. The number of aryl methyl sites for hydroxylation is 1. The normalized spacial score (nSPS) is 12.1. The van der Waals surface area contributed by atoms with E-state index in [1.807, 2.05) is 18.5 Å². The third-order valence-electron chi connectivity index (χ3n) is 2.07. The van der Waals surface area contributed by atoms with Crippen LogP contribution in [0.4, 0.5) is 0 Å². The lowest BCUT2D eigenvalue weighted by molar-refractivity contribution is 0.492. The maximum atomic E-state index is 4.32. The van der Waals surface area contributed by atoms with Gasteiger partial charge in [0.25, 0.3) is 0 Å². The molecule has 0 amide bonds. The minimum absolute atomic E-state index is 0.244. The Labute approximate surface area is 95.1 Å². The number of nitrogens with zero attached hydrogens (tertiary/aromatic N) is 3. The Morgan fingerprint density at radius 2 is 2.07 bits per heavy atom. The Hall–Kier alpha value is -0.160. The lowest BCUT2D eigenvalue weighted by atomic mass is 10.0. The lowest BCUT2D eigenvalue weighted by Crippen LogP contribution is -2.16. The van der Waals surface area contributed by atoms with Crippen LogP contribution >= 0.6 is 24.4 Å². The highest BCUT2D eigenvalue weighted by molar-refractivity contribution is 7.99. The van der Waals surface area contributed by atoms with Crippen molar-refractivity contribution < 1.29 is 0 Å². The second-order valence-electron chi connectivity index (χ2n) is 4.20. The Bertz CT molecular complexity index is 307. The topological polar surface area (TPSA) is 30.7 Å². The van der Waals surface area contributed by atoms with Crippen molar-refractivity contribution in [3.05, 3.63) is 5.82 Å². The van der Waals surface area contributed by atoms with Crippen LogP contribution < -0.4 is 0 Å². The summed E-state index contributed by atoms with van der Waals surface area (Å²) in [5.41, 5.74) is 0.244. The molecule has 0 saturated heterocycles. The van der Waals surface area contributed by atoms with Gasteiger partial charge in [0.1, 0.15) is 5.82 Å². The number of rotatable bonds is 4. The maximum Gasteiger partial charge on any atom is 0.190 e. The van der Waals surface area contributed by atoms with Crippen LogP contribution in [0.25, 0.3) is 0 Å². The van der Waals surface area contributed by atoms with Crippen LogP contribution in [0.1, 0.15) is 19.7 Å². The van der Waals surface area contributed by atoms with E-state index >= 15 is 0 Å². The molecule has 0 fully saturated rings. The van der Waals surface area contributed by atoms with Crippen LogP contribution in [0.15, 0.2) is 5.16 Å². The van der Waals surface area contributed by atoms with Crippen LogP contribution in [0.5, 0.6) is 0 Å². The van der Waals surface area contributed by atoms with E-state index in [0.29, 0.717) is 0 Å². The molecule has 1 rings (SSSR count). The van der Waals surface area contributed by atoms with Gasteiger partial charge in [0, 0.05) is 12.8 Å². The van der Waals surface area contributed by atoms with Gasteiger partial charge in [0.2, 0.25) is 0 Å². The Morgan fingerprint density at radius 3 is 2.50 bits per heavy atom. The molecule has 5 heteroatoms. The minimum Gasteiger partial charge on any atom is -0.309 e. The second kappa shape index (κ2) is 4.57. The molecule has 80 valence electrons. The van der Waals surface area contributed by atoms with Gasteiger partial charge in [-0.3, -0.25) is 0 Å². The molecule has 1 aromatic rings. The Morgan fingerprint density at radius 1 is 1.43 bits per heavy atom. The number of hydrogen-bond donors (Lipinski definition) is 1. The standard InChI is InChI=1S/C9H17N3S2/c1-7-10-11-8(12(7)4)14-6-9(2,3)5-13/h13H,5-6H2,1-4H3. The van der Waals surface area contributed by atoms with E-state index in [-0.39, 0.29) is 5.41 Å². The largest absolute Gasteiger partial charge is 0.309 e. The molecule has 0 aliphatic heterocycles. The van der Waals surface area contributed by atoms with Crippen molar-refractivity contribution in [2.24, 2.45) is 12.5 Å². The Balaban J connectivity index is 2.58. The fourth-order valence-electron chi connectivity index (χ4n) is 0.819. The summed E-state index contributed by atoms with van der Waals surface area (Å²) in [6, 6.07) is 0. The van der Waals surface area contributed by atoms with Gasteiger partial charge < -0.3 is 4.57 Å². The van der Waals surface area contributed by atoms with E-state index in [0.717, 1.165) is 22.5 Å². The van der Waals surface area contributed by atoms with Gasteiger partial charge >= 0.3 is 0 Å². The lowest BCUT2D eigenvalue weighted by Gasteiger charge is -2.20. The molecule has 3 nitrogen and oxygen atoms in total. The van der Waals surface area contributed by atoms with Crippen molar-refractivity contribution in [1.29, 1.82) is 0 Å². The van der Waals surface area contributed by atoms with Gasteiger partial charge in [0.05, 0.1) is 0 Å². The molecule has 1 heterocycles. The highest BCUT2D eigenvalue weighted by Gasteiger charge is 2.17. The van der Waals surface area contributed by atoms with E-state index in [9.17, 15) is 0 Å². The molecule has 0 atom stereocenters. The molecule has 1 aromatic heterocycles. The van der Waals surface area contributed by atoms with Crippen molar-refractivity contribution in [3.63, 3.8) is 0 Å². The maximum absolute atomic E-state index is 4.32. The molecule has 0 spiro atoms. The monoisotopic (exact) mass is 231 g/mol. The quantitative estimate of drug-likeness (QED) is 0.636. The van der Waals surface area contributed by atoms with Gasteiger partial charge in [-0.2, -0.15) is 12.6 Å². The predicted octanol–water partition coefficient (Wildman–Crippen LogP) is 2.17. The molecular weight excluding hydrogens is 214 g/mol. The second-order valence-corrected chi connectivity index (χ2v) is 5.46. The number of thioether (sulfide) groups is 1. The highest BCUT2D eigenvalue weighted by Crippen LogP contribution is 2.27. The average molecular weight is 231 g/mol. The SMILES string of the molecule is Cc1nnc(SCC(C)(C)CS)n1C. The summed E-state index contributed by atoms with van der Waals surface area (Å²) in [7, 11) is 1.99. The number of thiol groups is 1. The van der Waals surface area contributed by atoms with Gasteiger partial charge in [-0.15, -0.1) is 10.2 Å². The number of hydrogen-bond acceptors (Lipinski definition) is 4. The summed E-state index contributed by atoms with van der Waals surface area (Å²) < 4.78 is 2.01. The zero-order valence-corrected chi connectivity index (χ0v) is 10.8. The summed E-state index contributed by atoms with van der Waals surface area (Å²) in [6.45, 7) is 6.37. The zero-order chi connectivity index (χ0) is 10.8. The molecule has 0 aliphatic carbocycles. The fraction of sp³-hybridized carbons (Fsp3) is 0.778. The molecular formula is C9H17N3S2. The van der Waals surface area contributed by atoms with E-state index in [2.05, 4.69) is 36.7 Å².